The Balaban J connectivity index is 0.000000160. The first-order valence-corrected chi connectivity index (χ1v) is 23.0. The van der Waals surface area contributed by atoms with Crippen LogP contribution < -0.4 is 10.1 Å². The molecule has 0 spiro atoms. The van der Waals surface area contributed by atoms with E-state index in [-0.39, 0.29) is 24.5 Å². The molecule has 1 saturated heterocycles. The Morgan fingerprint density at radius 2 is 1.61 bits per heavy atom. The molecule has 0 amide bonds. The molecule has 1 aliphatic heterocycles. The number of aliphatic hydroxyl groups is 2. The third-order valence-corrected chi connectivity index (χ3v) is 15.3. The van der Waals surface area contributed by atoms with Gasteiger partial charge in [0.25, 0.3) is 0 Å². The smallest absolute Gasteiger partial charge is 0.310 e. The number of carboxylic acids is 2. The van der Waals surface area contributed by atoms with Crippen molar-refractivity contribution in [2.75, 3.05) is 19.0 Å². The molecule has 0 bridgehead atoms. The number of rotatable bonds is 9. The minimum absolute atomic E-state index is 0.0109. The normalized spacial score (nSPS) is 30.1. The molecule has 4 aromatic rings. The quantitative estimate of drug-likeness (QED) is 0.107. The van der Waals surface area contributed by atoms with Crippen LogP contribution in [-0.2, 0) is 35.1 Å². The molecule has 9 atom stereocenters. The molecule has 4 aromatic carbocycles. The summed E-state index contributed by atoms with van der Waals surface area (Å²) in [6.07, 6.45) is 3.93. The van der Waals surface area contributed by atoms with Gasteiger partial charge in [-0.15, -0.1) is 0 Å². The number of fused-ring (bicyclic) bond motifs is 8. The Labute approximate surface area is 398 Å². The maximum atomic E-state index is 17.1. The number of Topliss-reactive ketones (excluding diaryl/α,β-unsaturated/α-hetero) is 1. The van der Waals surface area contributed by atoms with E-state index in [1.807, 2.05) is 49.4 Å². The number of benzene rings is 4. The van der Waals surface area contributed by atoms with Gasteiger partial charge in [-0.05, 0) is 124 Å². The number of alkyl halides is 1. The standard InChI is InChI=1S/C24H31FO6.C14H11Cl2NO2.C14H14O3/c1-20(2)30-19-10-16-15-6-5-13-9-14(27)7-8-21(13,3)23(15,25)17(28)11-22(16,4)24(19,31-20)18(29)12-26;15-10-5-3-6-11(16)14(10)17-12-7-2-1-4-9(12)8-13(18)19;1-9(14(15)16)10-3-4-12-8-13(17-2)6-5-11(12)7-10/h7-9,15-17,19,26,28H,5-6,10-12H2,1-4H3;1-7,17H,8H2,(H,18,19);3-9H,1-2H3,(H,15,16)/t15?,16?,17-,19?,21-,22-,23-,24?;;9-/m0.0/s1. The van der Waals surface area contributed by atoms with E-state index >= 15 is 4.39 Å². The average molecular weight is 961 g/mol. The number of para-hydroxylation sites is 2. The maximum Gasteiger partial charge on any atom is 0.310 e. The van der Waals surface area contributed by atoms with Crippen molar-refractivity contribution in [1.82, 2.24) is 0 Å². The number of ketones is 2. The third kappa shape index (κ3) is 8.79. The van der Waals surface area contributed by atoms with Gasteiger partial charge >= 0.3 is 11.9 Å². The van der Waals surface area contributed by atoms with E-state index in [1.165, 1.54) is 12.2 Å². The fourth-order valence-corrected chi connectivity index (χ4v) is 11.9. The highest BCUT2D eigenvalue weighted by atomic mass is 35.5. The summed E-state index contributed by atoms with van der Waals surface area (Å²) in [5, 5.41) is 45.2. The molecule has 4 unspecified atom stereocenters. The maximum absolute atomic E-state index is 17.1. The first-order chi connectivity index (χ1) is 31.5. The van der Waals surface area contributed by atoms with Crippen molar-refractivity contribution in [3.63, 3.8) is 0 Å². The summed E-state index contributed by atoms with van der Waals surface area (Å²) in [4.78, 5) is 46.8. The summed E-state index contributed by atoms with van der Waals surface area (Å²) in [6, 6.07) is 23.8. The van der Waals surface area contributed by atoms with Gasteiger partial charge in [-0.1, -0.05) is 90.3 Å². The molecule has 0 radical (unpaired) electrons. The van der Waals surface area contributed by atoms with Crippen molar-refractivity contribution >= 4 is 68.9 Å². The minimum atomic E-state index is -1.98. The molecule has 3 saturated carbocycles. The zero-order valence-electron chi connectivity index (χ0n) is 38.1. The van der Waals surface area contributed by atoms with Crippen LogP contribution in [0.15, 0.2) is 103 Å². The Morgan fingerprint density at radius 3 is 2.27 bits per heavy atom. The Morgan fingerprint density at radius 1 is 0.940 bits per heavy atom. The van der Waals surface area contributed by atoms with Gasteiger partial charge in [-0.3, -0.25) is 19.2 Å². The number of carboxylic acid groups (broad SMARTS) is 2. The average Bonchev–Trinajstić information content (AvgIpc) is 3.70. The van der Waals surface area contributed by atoms with Gasteiger partial charge in [0.2, 0.25) is 0 Å². The summed E-state index contributed by atoms with van der Waals surface area (Å²) in [5.74, 6) is -3.84. The van der Waals surface area contributed by atoms with Crippen LogP contribution in [0.5, 0.6) is 5.75 Å². The zero-order chi connectivity index (χ0) is 48.9. The van der Waals surface area contributed by atoms with Gasteiger partial charge in [0.1, 0.15) is 12.4 Å². The minimum Gasteiger partial charge on any atom is -0.497 e. The van der Waals surface area contributed by atoms with Crippen molar-refractivity contribution < 1.29 is 58.2 Å². The lowest BCUT2D eigenvalue weighted by Crippen LogP contribution is -2.70. The largest absolute Gasteiger partial charge is 0.497 e. The summed E-state index contributed by atoms with van der Waals surface area (Å²) in [5.41, 5.74) is -1.92. The highest BCUT2D eigenvalue weighted by Gasteiger charge is 2.80. The Kier molecular flexibility index (Phi) is 13.9. The number of carbonyl (C=O) groups is 4. The van der Waals surface area contributed by atoms with E-state index in [4.69, 9.17) is 47.6 Å². The van der Waals surface area contributed by atoms with Crippen molar-refractivity contribution in [2.45, 2.75) is 102 Å². The van der Waals surface area contributed by atoms with E-state index in [0.29, 0.717) is 46.2 Å². The lowest BCUT2D eigenvalue weighted by atomic mass is 9.44. The van der Waals surface area contributed by atoms with E-state index in [1.54, 1.807) is 77.3 Å². The number of anilines is 2. The molecular weight excluding hydrogens is 904 g/mol. The van der Waals surface area contributed by atoms with Crippen LogP contribution in [0.25, 0.3) is 10.8 Å². The number of hydrogen-bond donors (Lipinski definition) is 5. The van der Waals surface area contributed by atoms with E-state index in [2.05, 4.69) is 5.32 Å². The second-order valence-electron chi connectivity index (χ2n) is 18.9. The van der Waals surface area contributed by atoms with Gasteiger partial charge in [-0.2, -0.15) is 0 Å². The van der Waals surface area contributed by atoms with Crippen molar-refractivity contribution in [2.24, 2.45) is 22.7 Å². The monoisotopic (exact) mass is 959 g/mol. The molecule has 15 heteroatoms. The predicted octanol–water partition coefficient (Wildman–Crippen LogP) is 9.82. The topological polar surface area (TPSA) is 189 Å². The van der Waals surface area contributed by atoms with E-state index in [9.17, 15) is 29.4 Å². The van der Waals surface area contributed by atoms with Crippen LogP contribution in [0.2, 0.25) is 10.0 Å². The van der Waals surface area contributed by atoms with Crippen molar-refractivity contribution in [3.8, 4) is 5.75 Å². The molecule has 5 aliphatic rings. The number of nitrogens with one attached hydrogen (secondary N) is 1. The molecular formula is C52H56Cl2FNO11. The molecule has 4 fully saturated rings. The number of allylic oxidation sites excluding steroid dienone is 4. The van der Waals surface area contributed by atoms with Crippen LogP contribution in [-0.4, -0.2) is 86.9 Å². The molecule has 12 nitrogen and oxygen atoms in total. The van der Waals surface area contributed by atoms with Crippen LogP contribution in [0.1, 0.15) is 77.3 Å². The number of halogens is 3. The summed E-state index contributed by atoms with van der Waals surface area (Å²) >= 11 is 12.1. The molecule has 4 aliphatic carbocycles. The van der Waals surface area contributed by atoms with Crippen LogP contribution in [0.4, 0.5) is 15.8 Å². The lowest BCUT2D eigenvalue weighted by molar-refractivity contribution is -0.246. The van der Waals surface area contributed by atoms with E-state index in [0.717, 1.165) is 27.7 Å². The van der Waals surface area contributed by atoms with Crippen molar-refractivity contribution in [1.29, 1.82) is 0 Å². The Bertz CT molecular complexity index is 2650. The van der Waals surface area contributed by atoms with Crippen LogP contribution in [0.3, 0.4) is 0 Å². The summed E-state index contributed by atoms with van der Waals surface area (Å²) in [7, 11) is 1.63. The summed E-state index contributed by atoms with van der Waals surface area (Å²) in [6.45, 7) is 8.10. The second kappa shape index (κ2) is 18.7. The third-order valence-electron chi connectivity index (χ3n) is 14.7. The molecule has 5 N–H and O–H groups in total. The second-order valence-corrected chi connectivity index (χ2v) is 19.7. The van der Waals surface area contributed by atoms with Gasteiger partial charge < -0.3 is 40.0 Å². The van der Waals surface area contributed by atoms with Crippen LogP contribution >= 0.6 is 23.2 Å². The SMILES string of the molecule is CC1(C)OC2CC3C4CCC5=CC(=O)C=C[C@]5(C)[C@@]4(F)[C@@H](O)C[C@]3(C)C2(C(=O)CO)O1.COc1ccc2cc([C@H](C)C(=O)O)ccc2c1.O=C(O)Cc1ccccc1Nc1c(Cl)cccc1Cl. The molecule has 67 heavy (non-hydrogen) atoms. The fourth-order valence-electron chi connectivity index (χ4n) is 11.4. The molecule has 1 heterocycles. The number of aliphatic hydroxyl groups excluding tert-OH is 2. The predicted molar refractivity (Wildman–Crippen MR) is 253 cm³/mol. The first-order valence-electron chi connectivity index (χ1n) is 22.2. The first kappa shape index (κ1) is 49.7. The molecule has 9 rings (SSSR count). The zero-order valence-corrected chi connectivity index (χ0v) is 39.7. The van der Waals surface area contributed by atoms with Gasteiger partial charge in [0.15, 0.2) is 28.6 Å². The number of methoxy groups -OCH3 is 1. The van der Waals surface area contributed by atoms with Crippen LogP contribution in [0, 0.1) is 22.7 Å². The summed E-state index contributed by atoms with van der Waals surface area (Å²) < 4.78 is 34.7. The fraction of sp³-hybridized carbons (Fsp3) is 0.423. The highest BCUT2D eigenvalue weighted by molar-refractivity contribution is 6.39. The number of carbonyl (C=O) groups excluding carboxylic acids is 2. The van der Waals surface area contributed by atoms with Crippen molar-refractivity contribution in [3.05, 3.63) is 124 Å². The lowest BCUT2D eigenvalue weighted by Gasteiger charge is -2.62. The van der Waals surface area contributed by atoms with Gasteiger partial charge in [-0.25, -0.2) is 4.39 Å². The van der Waals surface area contributed by atoms with Gasteiger partial charge in [0, 0.05) is 22.4 Å². The number of aliphatic carboxylic acids is 2. The molecule has 0 aromatic heterocycles. The molecule has 356 valence electrons. The number of ether oxygens (including phenoxy) is 3. The van der Waals surface area contributed by atoms with Gasteiger partial charge in [0.05, 0.1) is 47.4 Å². The Hall–Kier alpha value is -5.15. The highest BCUT2D eigenvalue weighted by Crippen LogP contribution is 2.72. The number of hydrogen-bond acceptors (Lipinski definition) is 10. The van der Waals surface area contributed by atoms with E-state index < -0.39 is 76.3 Å².